The standard InChI is InChI=1S/C17H19N3O3/c1-11-7-12(2)9-14(8-11)19-17(21)16(18)10-13-3-5-15(6-4-13)20(22)23/h3-9,16H,10,18H2,1-2H3,(H,19,21)/t16-/m0/s1. The number of amides is 1. The van der Waals surface area contributed by atoms with Crippen LogP contribution in [0.2, 0.25) is 0 Å². The van der Waals surface area contributed by atoms with Gasteiger partial charge in [0, 0.05) is 17.8 Å². The van der Waals surface area contributed by atoms with E-state index < -0.39 is 11.0 Å². The van der Waals surface area contributed by atoms with Crippen LogP contribution in [0.4, 0.5) is 11.4 Å². The van der Waals surface area contributed by atoms with E-state index >= 15 is 0 Å². The maximum atomic E-state index is 12.2. The molecule has 0 saturated carbocycles. The van der Waals surface area contributed by atoms with E-state index in [0.717, 1.165) is 16.7 Å². The fourth-order valence-electron chi connectivity index (χ4n) is 2.38. The molecule has 1 atom stereocenters. The van der Waals surface area contributed by atoms with E-state index in [1.165, 1.54) is 12.1 Å². The summed E-state index contributed by atoms with van der Waals surface area (Å²) in [6.45, 7) is 3.92. The van der Waals surface area contributed by atoms with Gasteiger partial charge in [0.2, 0.25) is 5.91 Å². The van der Waals surface area contributed by atoms with Crippen molar-refractivity contribution in [2.45, 2.75) is 26.3 Å². The molecule has 0 aliphatic rings. The average Bonchev–Trinajstić information content (AvgIpc) is 2.46. The molecule has 0 aromatic heterocycles. The van der Waals surface area contributed by atoms with Crippen molar-refractivity contribution < 1.29 is 9.72 Å². The van der Waals surface area contributed by atoms with E-state index in [1.54, 1.807) is 12.1 Å². The summed E-state index contributed by atoms with van der Waals surface area (Å²) < 4.78 is 0. The zero-order valence-corrected chi connectivity index (χ0v) is 13.1. The highest BCUT2D eigenvalue weighted by Gasteiger charge is 2.15. The number of benzene rings is 2. The molecule has 1 amide bonds. The number of carbonyl (C=O) groups excluding carboxylic acids is 1. The maximum Gasteiger partial charge on any atom is 0.269 e. The number of nitrogens with one attached hydrogen (secondary N) is 1. The minimum absolute atomic E-state index is 0.0157. The van der Waals surface area contributed by atoms with Gasteiger partial charge in [-0.25, -0.2) is 0 Å². The lowest BCUT2D eigenvalue weighted by molar-refractivity contribution is -0.384. The normalized spacial score (nSPS) is 11.8. The minimum atomic E-state index is -0.725. The van der Waals surface area contributed by atoms with Gasteiger partial charge in [-0.2, -0.15) is 0 Å². The van der Waals surface area contributed by atoms with Crippen molar-refractivity contribution in [1.29, 1.82) is 0 Å². The molecule has 2 rings (SSSR count). The summed E-state index contributed by atoms with van der Waals surface area (Å²) >= 11 is 0. The Morgan fingerprint density at radius 1 is 1.17 bits per heavy atom. The van der Waals surface area contributed by atoms with E-state index in [1.807, 2.05) is 32.0 Å². The van der Waals surface area contributed by atoms with Gasteiger partial charge >= 0.3 is 0 Å². The number of nitrogens with two attached hydrogens (primary N) is 1. The Balaban J connectivity index is 2.00. The molecule has 0 saturated heterocycles. The lowest BCUT2D eigenvalue weighted by Gasteiger charge is -2.13. The van der Waals surface area contributed by atoms with Crippen LogP contribution in [0, 0.1) is 24.0 Å². The highest BCUT2D eigenvalue weighted by molar-refractivity contribution is 5.95. The van der Waals surface area contributed by atoms with Gasteiger partial charge in [-0.1, -0.05) is 18.2 Å². The Bertz CT molecular complexity index is 706. The van der Waals surface area contributed by atoms with Crippen LogP contribution in [0.15, 0.2) is 42.5 Å². The zero-order valence-electron chi connectivity index (χ0n) is 13.1. The molecule has 2 aromatic rings. The lowest BCUT2D eigenvalue weighted by atomic mass is 10.1. The quantitative estimate of drug-likeness (QED) is 0.655. The number of hydrogen-bond donors (Lipinski definition) is 2. The van der Waals surface area contributed by atoms with E-state index in [9.17, 15) is 14.9 Å². The van der Waals surface area contributed by atoms with Crippen LogP contribution in [0.3, 0.4) is 0 Å². The van der Waals surface area contributed by atoms with Crippen LogP contribution in [-0.2, 0) is 11.2 Å². The smallest absolute Gasteiger partial charge is 0.269 e. The topological polar surface area (TPSA) is 98.3 Å². The third-order valence-electron chi connectivity index (χ3n) is 3.43. The molecule has 0 heterocycles. The van der Waals surface area contributed by atoms with Crippen LogP contribution in [-0.4, -0.2) is 16.9 Å². The predicted molar refractivity (Wildman–Crippen MR) is 89.3 cm³/mol. The van der Waals surface area contributed by atoms with Crippen molar-refractivity contribution >= 4 is 17.3 Å². The van der Waals surface area contributed by atoms with Crippen molar-refractivity contribution in [3.8, 4) is 0 Å². The number of anilines is 1. The molecule has 6 nitrogen and oxygen atoms in total. The summed E-state index contributed by atoms with van der Waals surface area (Å²) in [5.41, 5.74) is 9.55. The molecule has 0 spiro atoms. The molecule has 0 aliphatic carbocycles. The van der Waals surface area contributed by atoms with Crippen LogP contribution in [0.5, 0.6) is 0 Å². The van der Waals surface area contributed by atoms with Gasteiger partial charge < -0.3 is 11.1 Å². The number of aryl methyl sites for hydroxylation is 2. The number of nitro benzene ring substituents is 1. The van der Waals surface area contributed by atoms with Crippen LogP contribution in [0.1, 0.15) is 16.7 Å². The van der Waals surface area contributed by atoms with Crippen molar-refractivity contribution in [1.82, 2.24) is 0 Å². The molecule has 0 aliphatic heterocycles. The SMILES string of the molecule is Cc1cc(C)cc(NC(=O)[C@@H](N)Cc2ccc([N+](=O)[O-])cc2)c1. The third-order valence-corrected chi connectivity index (χ3v) is 3.43. The monoisotopic (exact) mass is 313 g/mol. The van der Waals surface area contributed by atoms with Gasteiger partial charge in [0.25, 0.3) is 5.69 Å². The molecular formula is C17H19N3O3. The van der Waals surface area contributed by atoms with Crippen molar-refractivity contribution in [2.75, 3.05) is 5.32 Å². The zero-order chi connectivity index (χ0) is 17.0. The predicted octanol–water partition coefficient (Wildman–Crippen LogP) is 2.72. The fraction of sp³-hybridized carbons (Fsp3) is 0.235. The van der Waals surface area contributed by atoms with Crippen molar-refractivity contribution in [3.63, 3.8) is 0 Å². The van der Waals surface area contributed by atoms with Crippen molar-refractivity contribution in [3.05, 3.63) is 69.3 Å². The third kappa shape index (κ3) is 4.62. The Morgan fingerprint density at radius 3 is 2.26 bits per heavy atom. The summed E-state index contributed by atoms with van der Waals surface area (Å²) in [6, 6.07) is 11.1. The summed E-state index contributed by atoms with van der Waals surface area (Å²) in [4.78, 5) is 22.3. The second-order valence-corrected chi connectivity index (χ2v) is 5.60. The van der Waals surface area contributed by atoms with Crippen LogP contribution >= 0.6 is 0 Å². The first kappa shape index (κ1) is 16.6. The van der Waals surface area contributed by atoms with E-state index in [2.05, 4.69) is 5.32 Å². The van der Waals surface area contributed by atoms with Gasteiger partial charge in [-0.05, 0) is 49.1 Å². The Hall–Kier alpha value is -2.73. The summed E-state index contributed by atoms with van der Waals surface area (Å²) in [6.07, 6.45) is 0.314. The second kappa shape index (κ2) is 7.02. The molecular weight excluding hydrogens is 294 g/mol. The van der Waals surface area contributed by atoms with Crippen molar-refractivity contribution in [2.24, 2.45) is 5.73 Å². The number of rotatable bonds is 5. The molecule has 2 aromatic carbocycles. The molecule has 23 heavy (non-hydrogen) atoms. The number of hydrogen-bond acceptors (Lipinski definition) is 4. The van der Waals surface area contributed by atoms with Gasteiger partial charge in [0.1, 0.15) is 0 Å². The molecule has 0 unspecified atom stereocenters. The first-order valence-corrected chi connectivity index (χ1v) is 7.23. The Labute approximate surface area is 134 Å². The molecule has 0 fully saturated rings. The molecule has 3 N–H and O–H groups in total. The number of carbonyl (C=O) groups is 1. The summed E-state index contributed by atoms with van der Waals surface area (Å²) in [5.74, 6) is -0.284. The highest BCUT2D eigenvalue weighted by Crippen LogP contribution is 2.15. The summed E-state index contributed by atoms with van der Waals surface area (Å²) in [7, 11) is 0. The highest BCUT2D eigenvalue weighted by atomic mass is 16.6. The number of nitrogens with zero attached hydrogens (tertiary/aromatic N) is 1. The van der Waals surface area contributed by atoms with Gasteiger partial charge in [-0.3, -0.25) is 14.9 Å². The number of nitro groups is 1. The first-order valence-electron chi connectivity index (χ1n) is 7.23. The minimum Gasteiger partial charge on any atom is -0.325 e. The summed E-state index contributed by atoms with van der Waals surface area (Å²) in [5, 5.41) is 13.4. The Morgan fingerprint density at radius 2 is 1.74 bits per heavy atom. The Kier molecular flexibility index (Phi) is 5.08. The maximum absolute atomic E-state index is 12.2. The van der Waals surface area contributed by atoms with Gasteiger partial charge in [-0.15, -0.1) is 0 Å². The molecule has 0 bridgehead atoms. The fourth-order valence-corrected chi connectivity index (χ4v) is 2.38. The van der Waals surface area contributed by atoms with Crippen LogP contribution < -0.4 is 11.1 Å². The van der Waals surface area contributed by atoms with E-state index in [0.29, 0.717) is 12.1 Å². The largest absolute Gasteiger partial charge is 0.325 e. The van der Waals surface area contributed by atoms with E-state index in [4.69, 9.17) is 5.73 Å². The van der Waals surface area contributed by atoms with E-state index in [-0.39, 0.29) is 11.6 Å². The first-order chi connectivity index (χ1) is 10.8. The average molecular weight is 313 g/mol. The molecule has 0 radical (unpaired) electrons. The van der Waals surface area contributed by atoms with Crippen LogP contribution in [0.25, 0.3) is 0 Å². The second-order valence-electron chi connectivity index (χ2n) is 5.60. The molecule has 120 valence electrons. The van der Waals surface area contributed by atoms with Gasteiger partial charge in [0.15, 0.2) is 0 Å². The lowest BCUT2D eigenvalue weighted by Crippen LogP contribution is -2.37. The number of non-ortho nitro benzene ring substituents is 1. The van der Waals surface area contributed by atoms with Gasteiger partial charge in [0.05, 0.1) is 11.0 Å². The molecule has 6 heteroatoms.